The fourth-order valence-corrected chi connectivity index (χ4v) is 2.45. The molecule has 0 saturated carbocycles. The number of aromatic nitrogens is 1. The molecular formula is C13H12FN3O2S. The van der Waals surface area contributed by atoms with Crippen molar-refractivity contribution in [3.05, 3.63) is 48.0 Å². The summed E-state index contributed by atoms with van der Waals surface area (Å²) in [5, 5.41) is 11.5. The number of amidine groups is 1. The first-order chi connectivity index (χ1) is 9.52. The van der Waals surface area contributed by atoms with Crippen molar-refractivity contribution in [1.29, 1.82) is 0 Å². The Hall–Kier alpha value is -2.12. The fourth-order valence-electron chi connectivity index (χ4n) is 1.73. The van der Waals surface area contributed by atoms with E-state index in [-0.39, 0.29) is 17.3 Å². The summed E-state index contributed by atoms with van der Waals surface area (Å²) in [7, 11) is 0. The van der Waals surface area contributed by atoms with Crippen molar-refractivity contribution in [2.75, 3.05) is 6.26 Å². The van der Waals surface area contributed by atoms with Crippen LogP contribution in [0.1, 0.15) is 5.69 Å². The van der Waals surface area contributed by atoms with Crippen LogP contribution in [0.4, 0.5) is 4.39 Å². The van der Waals surface area contributed by atoms with E-state index in [2.05, 4.69) is 10.1 Å². The number of oxime groups is 1. The van der Waals surface area contributed by atoms with Gasteiger partial charge in [0, 0.05) is 17.8 Å². The Morgan fingerprint density at radius 1 is 1.40 bits per heavy atom. The summed E-state index contributed by atoms with van der Waals surface area (Å²) in [5.74, 6) is -0.594. The Labute approximate surface area is 118 Å². The molecule has 104 valence electrons. The van der Waals surface area contributed by atoms with Crippen LogP contribution in [0.3, 0.4) is 0 Å². The summed E-state index contributed by atoms with van der Waals surface area (Å²) in [6.45, 7) is 0. The van der Waals surface area contributed by atoms with Crippen LogP contribution < -0.4 is 5.73 Å². The number of rotatable bonds is 3. The first-order valence-corrected chi connectivity index (χ1v) is 7.16. The molecule has 0 spiro atoms. The van der Waals surface area contributed by atoms with E-state index in [0.29, 0.717) is 16.0 Å². The van der Waals surface area contributed by atoms with E-state index in [9.17, 15) is 8.94 Å². The third-order valence-corrected chi connectivity index (χ3v) is 3.60. The van der Waals surface area contributed by atoms with Crippen LogP contribution in [0, 0.1) is 5.82 Å². The fraction of sp³-hybridized carbons (Fsp3) is 0.0769. The van der Waals surface area contributed by atoms with E-state index in [1.807, 2.05) is 0 Å². The lowest BCUT2D eigenvalue weighted by molar-refractivity contribution is 0.318. The number of benzene rings is 1. The lowest BCUT2D eigenvalue weighted by Gasteiger charge is -2.10. The topological polar surface area (TPSA) is 94.6 Å². The third-order valence-electron chi connectivity index (χ3n) is 2.67. The van der Waals surface area contributed by atoms with Gasteiger partial charge in [0.1, 0.15) is 12.1 Å². The first kappa shape index (κ1) is 14.3. The van der Waals surface area contributed by atoms with Gasteiger partial charge in [0.2, 0.25) is 0 Å². The van der Waals surface area contributed by atoms with Crippen LogP contribution >= 0.6 is 0 Å². The number of pyridine rings is 1. The van der Waals surface area contributed by atoms with Crippen LogP contribution in [0.2, 0.25) is 0 Å². The molecule has 0 aliphatic carbocycles. The van der Waals surface area contributed by atoms with Crippen molar-refractivity contribution < 1.29 is 14.2 Å². The monoisotopic (exact) mass is 293 g/mol. The molecule has 0 fully saturated rings. The highest BCUT2D eigenvalue weighted by Gasteiger charge is 2.18. The van der Waals surface area contributed by atoms with Gasteiger partial charge in [-0.1, -0.05) is 17.3 Å². The van der Waals surface area contributed by atoms with Crippen molar-refractivity contribution in [2.24, 2.45) is 10.9 Å². The van der Waals surface area contributed by atoms with Gasteiger partial charge in [-0.3, -0.25) is 0 Å². The molecule has 2 rings (SSSR count). The van der Waals surface area contributed by atoms with Crippen molar-refractivity contribution in [1.82, 2.24) is 4.98 Å². The van der Waals surface area contributed by atoms with E-state index in [0.717, 1.165) is 0 Å². The molecule has 0 amide bonds. The molecule has 0 unspecified atom stereocenters. The molecule has 7 heteroatoms. The highest BCUT2D eigenvalue weighted by atomic mass is 32.2. The summed E-state index contributed by atoms with van der Waals surface area (Å²) in [5.41, 5.74) is 6.84. The highest BCUT2D eigenvalue weighted by Crippen LogP contribution is 2.24. The predicted octanol–water partition coefficient (Wildman–Crippen LogP) is 1.72. The van der Waals surface area contributed by atoms with Crippen LogP contribution in [0.5, 0.6) is 0 Å². The maximum atomic E-state index is 13.2. The molecule has 1 atom stereocenters. The van der Waals surface area contributed by atoms with E-state index >= 15 is 0 Å². The minimum Gasteiger partial charge on any atom is -0.612 e. The van der Waals surface area contributed by atoms with Gasteiger partial charge in [-0.15, -0.1) is 0 Å². The smallest absolute Gasteiger partial charge is 0.193 e. The van der Waals surface area contributed by atoms with Gasteiger partial charge in [0.05, 0.1) is 0 Å². The van der Waals surface area contributed by atoms with Crippen molar-refractivity contribution in [3.8, 4) is 11.1 Å². The minimum absolute atomic E-state index is 0.147. The van der Waals surface area contributed by atoms with E-state index < -0.39 is 11.2 Å². The second-order valence-electron chi connectivity index (χ2n) is 4.02. The molecular weight excluding hydrogens is 281 g/mol. The summed E-state index contributed by atoms with van der Waals surface area (Å²) in [4.78, 5) is 4.37. The van der Waals surface area contributed by atoms with E-state index in [4.69, 9.17) is 10.9 Å². The van der Waals surface area contributed by atoms with Gasteiger partial charge < -0.3 is 15.5 Å². The third kappa shape index (κ3) is 2.89. The maximum absolute atomic E-state index is 13.2. The zero-order chi connectivity index (χ0) is 14.7. The molecule has 0 aliphatic rings. The van der Waals surface area contributed by atoms with Gasteiger partial charge in [0.25, 0.3) is 0 Å². The van der Waals surface area contributed by atoms with Gasteiger partial charge in [-0.25, -0.2) is 9.37 Å². The Bertz CT molecular complexity index is 662. The molecule has 3 N–H and O–H groups in total. The highest BCUT2D eigenvalue weighted by molar-refractivity contribution is 7.90. The maximum Gasteiger partial charge on any atom is 0.193 e. The number of nitrogens with zero attached hydrogens (tertiary/aromatic N) is 2. The van der Waals surface area contributed by atoms with Gasteiger partial charge >= 0.3 is 0 Å². The molecule has 0 radical (unpaired) electrons. The van der Waals surface area contributed by atoms with Crippen LogP contribution in [0.25, 0.3) is 11.1 Å². The number of hydrogen-bond acceptors (Lipinski definition) is 4. The summed E-state index contributed by atoms with van der Waals surface area (Å²) in [6.07, 6.45) is 2.92. The quantitative estimate of drug-likeness (QED) is 0.296. The lowest BCUT2D eigenvalue weighted by atomic mass is 10.1. The Kier molecular flexibility index (Phi) is 4.21. The second-order valence-corrected chi connectivity index (χ2v) is 5.37. The van der Waals surface area contributed by atoms with E-state index in [1.165, 1.54) is 24.6 Å². The molecule has 0 aliphatic heterocycles. The van der Waals surface area contributed by atoms with Crippen molar-refractivity contribution in [3.63, 3.8) is 0 Å². The molecule has 1 heterocycles. The first-order valence-electron chi connectivity index (χ1n) is 5.60. The van der Waals surface area contributed by atoms with Gasteiger partial charge in [-0.2, -0.15) is 0 Å². The average Bonchev–Trinajstić information content (AvgIpc) is 2.45. The van der Waals surface area contributed by atoms with Crippen LogP contribution in [0.15, 0.2) is 46.6 Å². The summed E-state index contributed by atoms with van der Waals surface area (Å²) in [6, 6.07) is 7.56. The SMILES string of the molecule is C[S@@+]([O-])c1cc(-c2cccc(F)c2)cnc1C(N)=NO. The Balaban J connectivity index is 2.56. The minimum atomic E-state index is -1.38. The van der Waals surface area contributed by atoms with Crippen LogP contribution in [-0.4, -0.2) is 26.8 Å². The second kappa shape index (κ2) is 5.89. The molecule has 1 aromatic carbocycles. The predicted molar refractivity (Wildman–Crippen MR) is 74.5 cm³/mol. The lowest BCUT2D eigenvalue weighted by Crippen LogP contribution is -2.19. The Morgan fingerprint density at radius 2 is 2.15 bits per heavy atom. The molecule has 1 aromatic heterocycles. The zero-order valence-electron chi connectivity index (χ0n) is 10.6. The number of hydrogen-bond donors (Lipinski definition) is 2. The molecule has 0 bridgehead atoms. The molecule has 20 heavy (non-hydrogen) atoms. The molecule has 2 aromatic rings. The van der Waals surface area contributed by atoms with Crippen LogP contribution in [-0.2, 0) is 11.2 Å². The normalized spacial score (nSPS) is 13.2. The van der Waals surface area contributed by atoms with Gasteiger partial charge in [0.15, 0.2) is 16.4 Å². The van der Waals surface area contributed by atoms with Crippen molar-refractivity contribution >= 4 is 17.0 Å². The number of nitrogens with two attached hydrogens (primary N) is 1. The largest absolute Gasteiger partial charge is 0.612 e. The Morgan fingerprint density at radius 3 is 2.75 bits per heavy atom. The van der Waals surface area contributed by atoms with Gasteiger partial charge in [-0.05, 0) is 28.9 Å². The van der Waals surface area contributed by atoms with Crippen molar-refractivity contribution in [2.45, 2.75) is 4.90 Å². The standard InChI is InChI=1S/C13H12FN3O2S/c1-20(19)11-6-9(7-16-12(11)13(15)17-18)8-3-2-4-10(14)5-8/h2-7,18H,1H3,(H2,15,17)/t20-/m1/s1. The number of halogens is 1. The molecule has 0 saturated heterocycles. The average molecular weight is 293 g/mol. The zero-order valence-corrected chi connectivity index (χ0v) is 11.4. The summed E-state index contributed by atoms with van der Waals surface area (Å²) >= 11 is -1.38. The molecule has 5 nitrogen and oxygen atoms in total. The summed E-state index contributed by atoms with van der Waals surface area (Å²) < 4.78 is 25.0. The van der Waals surface area contributed by atoms with E-state index in [1.54, 1.807) is 18.2 Å².